The van der Waals surface area contributed by atoms with E-state index in [1.54, 1.807) is 30.1 Å². The van der Waals surface area contributed by atoms with Gasteiger partial charge in [0, 0.05) is 25.7 Å². The first kappa shape index (κ1) is 13.4. The van der Waals surface area contributed by atoms with Crippen molar-refractivity contribution < 1.29 is 14.3 Å². The molecular weight excluding hydrogens is 246 g/mol. The van der Waals surface area contributed by atoms with Crippen LogP contribution >= 0.6 is 0 Å². The molecule has 19 heavy (non-hydrogen) atoms. The van der Waals surface area contributed by atoms with Gasteiger partial charge in [-0.15, -0.1) is 0 Å². The summed E-state index contributed by atoms with van der Waals surface area (Å²) in [5.41, 5.74) is 1.15. The Morgan fingerprint density at radius 3 is 3.05 bits per heavy atom. The Labute approximate surface area is 111 Å². The summed E-state index contributed by atoms with van der Waals surface area (Å²) < 4.78 is 5.29. The lowest BCUT2D eigenvalue weighted by molar-refractivity contribution is -0.118. The number of anilines is 1. The predicted octanol–water partition coefficient (Wildman–Crippen LogP) is 0.309. The molecule has 0 fully saturated rings. The lowest BCUT2D eigenvalue weighted by Crippen LogP contribution is -2.33. The maximum atomic E-state index is 12.2. The number of hydrogen-bond donors (Lipinski definition) is 2. The number of ether oxygens (including phenoxy) is 1. The van der Waals surface area contributed by atoms with Crippen LogP contribution in [0.5, 0.6) is 5.75 Å². The molecule has 0 spiro atoms. The summed E-state index contributed by atoms with van der Waals surface area (Å²) >= 11 is 0. The van der Waals surface area contributed by atoms with Crippen LogP contribution in [0.15, 0.2) is 18.2 Å². The van der Waals surface area contributed by atoms with Gasteiger partial charge in [-0.2, -0.15) is 0 Å². The minimum Gasteiger partial charge on any atom is -0.482 e. The van der Waals surface area contributed by atoms with E-state index in [0.29, 0.717) is 23.5 Å². The molecule has 1 aromatic rings. The number of hydrogen-bond acceptors (Lipinski definition) is 4. The van der Waals surface area contributed by atoms with Crippen LogP contribution in [0.4, 0.5) is 5.69 Å². The number of benzene rings is 1. The molecule has 0 aliphatic carbocycles. The van der Waals surface area contributed by atoms with Gasteiger partial charge in [-0.05, 0) is 25.2 Å². The standard InChI is InChI=1S/C13H17N3O3/c1-14-5-6-16(2)13(18)9-3-4-10-11(7-9)19-8-12(17)15-10/h3-4,7,14H,5-6,8H2,1-2H3,(H,15,17). The van der Waals surface area contributed by atoms with Gasteiger partial charge < -0.3 is 20.3 Å². The van der Waals surface area contributed by atoms with Crippen LogP contribution < -0.4 is 15.4 Å². The van der Waals surface area contributed by atoms with Crippen LogP contribution in [0.3, 0.4) is 0 Å². The highest BCUT2D eigenvalue weighted by atomic mass is 16.5. The van der Waals surface area contributed by atoms with Crippen molar-refractivity contribution in [1.82, 2.24) is 10.2 Å². The second-order valence-electron chi connectivity index (χ2n) is 4.38. The van der Waals surface area contributed by atoms with Gasteiger partial charge in [0.25, 0.3) is 11.8 Å². The van der Waals surface area contributed by atoms with Crippen LogP contribution in [-0.4, -0.2) is 50.5 Å². The summed E-state index contributed by atoms with van der Waals surface area (Å²) in [6.45, 7) is 1.35. The molecule has 0 saturated heterocycles. The molecule has 6 heteroatoms. The summed E-state index contributed by atoms with van der Waals surface area (Å²) in [5, 5.41) is 5.68. The van der Waals surface area contributed by atoms with Gasteiger partial charge >= 0.3 is 0 Å². The maximum absolute atomic E-state index is 12.2. The normalized spacial score (nSPS) is 13.3. The van der Waals surface area contributed by atoms with E-state index in [-0.39, 0.29) is 18.4 Å². The summed E-state index contributed by atoms with van der Waals surface area (Å²) in [4.78, 5) is 24.9. The molecule has 2 amide bonds. The molecule has 1 aliphatic rings. The fourth-order valence-electron chi connectivity index (χ4n) is 1.81. The van der Waals surface area contributed by atoms with Crippen molar-refractivity contribution in [1.29, 1.82) is 0 Å². The predicted molar refractivity (Wildman–Crippen MR) is 71.5 cm³/mol. The highest BCUT2D eigenvalue weighted by Crippen LogP contribution is 2.28. The number of carbonyl (C=O) groups is 2. The number of amides is 2. The molecule has 0 atom stereocenters. The van der Waals surface area contributed by atoms with Crippen molar-refractivity contribution in [2.75, 3.05) is 39.1 Å². The average Bonchev–Trinajstić information content (AvgIpc) is 2.43. The van der Waals surface area contributed by atoms with Gasteiger partial charge in [0.2, 0.25) is 0 Å². The Balaban J connectivity index is 2.13. The number of nitrogens with one attached hydrogen (secondary N) is 2. The van der Waals surface area contributed by atoms with Gasteiger partial charge in [-0.1, -0.05) is 0 Å². The van der Waals surface area contributed by atoms with Gasteiger partial charge in [0.1, 0.15) is 5.75 Å². The van der Waals surface area contributed by atoms with E-state index in [1.807, 2.05) is 7.05 Å². The highest BCUT2D eigenvalue weighted by Gasteiger charge is 2.19. The number of likely N-dealkylation sites (N-methyl/N-ethyl adjacent to an activating group) is 2. The fourth-order valence-corrected chi connectivity index (χ4v) is 1.81. The van der Waals surface area contributed by atoms with Gasteiger partial charge in [-0.3, -0.25) is 9.59 Å². The van der Waals surface area contributed by atoms with E-state index in [9.17, 15) is 9.59 Å². The zero-order valence-electron chi connectivity index (χ0n) is 11.0. The van der Waals surface area contributed by atoms with Gasteiger partial charge in [0.05, 0.1) is 5.69 Å². The number of fused-ring (bicyclic) bond motifs is 1. The second kappa shape index (κ2) is 5.71. The molecular formula is C13H17N3O3. The third-order valence-electron chi connectivity index (χ3n) is 2.91. The van der Waals surface area contributed by atoms with Crippen LogP contribution in [0.2, 0.25) is 0 Å². The minimum absolute atomic E-state index is 0.0137. The fraction of sp³-hybridized carbons (Fsp3) is 0.385. The second-order valence-corrected chi connectivity index (χ2v) is 4.38. The third kappa shape index (κ3) is 3.03. The zero-order valence-corrected chi connectivity index (χ0v) is 11.0. The summed E-state index contributed by atoms with van der Waals surface area (Å²) in [6.07, 6.45) is 0. The maximum Gasteiger partial charge on any atom is 0.262 e. The smallest absolute Gasteiger partial charge is 0.262 e. The zero-order chi connectivity index (χ0) is 13.8. The molecule has 102 valence electrons. The van der Waals surface area contributed by atoms with E-state index in [1.165, 1.54) is 0 Å². The molecule has 2 N–H and O–H groups in total. The Morgan fingerprint density at radius 1 is 1.53 bits per heavy atom. The first-order chi connectivity index (χ1) is 9.11. The van der Waals surface area contributed by atoms with Crippen molar-refractivity contribution in [3.63, 3.8) is 0 Å². The summed E-state index contributed by atoms with van der Waals surface area (Å²) in [7, 11) is 3.59. The average molecular weight is 263 g/mol. The topological polar surface area (TPSA) is 70.7 Å². The lowest BCUT2D eigenvalue weighted by atomic mass is 10.1. The summed E-state index contributed by atoms with van der Waals surface area (Å²) in [5.74, 6) is 0.281. The monoisotopic (exact) mass is 263 g/mol. The van der Waals surface area contributed by atoms with E-state index >= 15 is 0 Å². The third-order valence-corrected chi connectivity index (χ3v) is 2.91. The molecule has 1 aromatic carbocycles. The van der Waals surface area contributed by atoms with Crippen molar-refractivity contribution in [2.45, 2.75) is 0 Å². The van der Waals surface area contributed by atoms with E-state index in [2.05, 4.69) is 10.6 Å². The SMILES string of the molecule is CNCCN(C)C(=O)c1ccc2c(c1)OCC(=O)N2. The van der Waals surface area contributed by atoms with Crippen LogP contribution in [0, 0.1) is 0 Å². The number of rotatable bonds is 4. The van der Waals surface area contributed by atoms with Gasteiger partial charge in [-0.25, -0.2) is 0 Å². The molecule has 0 aromatic heterocycles. The molecule has 0 saturated carbocycles. The van der Waals surface area contributed by atoms with Crippen LogP contribution in [0.1, 0.15) is 10.4 Å². The Morgan fingerprint density at radius 2 is 2.32 bits per heavy atom. The Bertz CT molecular complexity index is 502. The molecule has 2 rings (SSSR count). The van der Waals surface area contributed by atoms with E-state index in [0.717, 1.165) is 6.54 Å². The number of carbonyl (C=O) groups excluding carboxylic acids is 2. The largest absolute Gasteiger partial charge is 0.482 e. The van der Waals surface area contributed by atoms with E-state index in [4.69, 9.17) is 4.74 Å². The lowest BCUT2D eigenvalue weighted by Gasteiger charge is -2.20. The highest BCUT2D eigenvalue weighted by molar-refractivity contribution is 5.98. The van der Waals surface area contributed by atoms with Crippen molar-refractivity contribution >= 4 is 17.5 Å². The molecule has 1 heterocycles. The van der Waals surface area contributed by atoms with Crippen molar-refractivity contribution in [2.24, 2.45) is 0 Å². The Kier molecular flexibility index (Phi) is 4.01. The van der Waals surface area contributed by atoms with Gasteiger partial charge in [0.15, 0.2) is 6.61 Å². The molecule has 0 radical (unpaired) electrons. The van der Waals surface area contributed by atoms with Crippen LogP contribution in [-0.2, 0) is 4.79 Å². The molecule has 0 unspecified atom stereocenters. The minimum atomic E-state index is -0.183. The quantitative estimate of drug-likeness (QED) is 0.820. The van der Waals surface area contributed by atoms with E-state index < -0.39 is 0 Å². The molecule has 0 bridgehead atoms. The summed E-state index contributed by atoms with van der Waals surface area (Å²) in [6, 6.07) is 5.03. The first-order valence-electron chi connectivity index (χ1n) is 6.08. The number of nitrogens with zero attached hydrogens (tertiary/aromatic N) is 1. The first-order valence-corrected chi connectivity index (χ1v) is 6.08. The molecule has 6 nitrogen and oxygen atoms in total. The molecule has 1 aliphatic heterocycles. The van der Waals surface area contributed by atoms with Crippen molar-refractivity contribution in [3.05, 3.63) is 23.8 Å². The van der Waals surface area contributed by atoms with Crippen molar-refractivity contribution in [3.8, 4) is 5.75 Å². The van der Waals surface area contributed by atoms with Crippen LogP contribution in [0.25, 0.3) is 0 Å². The Hall–Kier alpha value is -2.08.